The van der Waals surface area contributed by atoms with E-state index in [2.05, 4.69) is 15.0 Å². The molecular formula is C30H35N5O5. The molecule has 1 fully saturated rings. The van der Waals surface area contributed by atoms with Gasteiger partial charge in [-0.3, -0.25) is 14.3 Å². The Bertz CT molecular complexity index is 1650. The Hall–Kier alpha value is -4.21. The van der Waals surface area contributed by atoms with E-state index in [1.807, 2.05) is 49.4 Å². The topological polar surface area (TPSA) is 119 Å². The van der Waals surface area contributed by atoms with Gasteiger partial charge in [0.25, 0.3) is 5.56 Å². The van der Waals surface area contributed by atoms with Crippen molar-refractivity contribution in [2.24, 2.45) is 0 Å². The normalized spacial score (nSPS) is 14.1. The molecule has 1 N–H and O–H groups in total. The molecular weight excluding hydrogens is 510 g/mol. The highest BCUT2D eigenvalue weighted by Crippen LogP contribution is 2.29. The van der Waals surface area contributed by atoms with Crippen LogP contribution in [0.5, 0.6) is 5.75 Å². The van der Waals surface area contributed by atoms with E-state index in [0.717, 1.165) is 47.1 Å². The number of nitrogens with one attached hydrogen (secondary N) is 1. The van der Waals surface area contributed by atoms with Crippen LogP contribution in [0.25, 0.3) is 22.2 Å². The maximum absolute atomic E-state index is 13.4. The van der Waals surface area contributed by atoms with Gasteiger partial charge in [0.1, 0.15) is 11.4 Å². The van der Waals surface area contributed by atoms with Crippen LogP contribution in [0, 0.1) is 6.92 Å². The SMILES string of the molecule is Cc1cc2nc3c(=O)n(CCN(Cc4ccccc4)C(=O)OC(C)(C)C)c(=O)[nH]c3nc2cc1OC1CCCC1. The van der Waals surface area contributed by atoms with Gasteiger partial charge in [-0.25, -0.2) is 19.6 Å². The van der Waals surface area contributed by atoms with E-state index in [-0.39, 0.29) is 36.9 Å². The average Bonchev–Trinajstić information content (AvgIpc) is 3.40. The van der Waals surface area contributed by atoms with Crippen molar-refractivity contribution in [2.45, 2.75) is 78.2 Å². The highest BCUT2D eigenvalue weighted by Gasteiger charge is 2.23. The Labute approximate surface area is 232 Å². The van der Waals surface area contributed by atoms with Crippen LogP contribution in [0.15, 0.2) is 52.1 Å². The smallest absolute Gasteiger partial charge is 0.410 e. The van der Waals surface area contributed by atoms with Gasteiger partial charge in [-0.1, -0.05) is 30.3 Å². The fraction of sp³-hybridized carbons (Fsp3) is 0.433. The van der Waals surface area contributed by atoms with Crippen molar-refractivity contribution >= 4 is 28.3 Å². The van der Waals surface area contributed by atoms with Crippen LogP contribution in [0.3, 0.4) is 0 Å². The largest absolute Gasteiger partial charge is 0.490 e. The number of benzene rings is 2. The number of ether oxygens (including phenoxy) is 2. The molecule has 2 aromatic heterocycles. The summed E-state index contributed by atoms with van der Waals surface area (Å²) in [5.74, 6) is 0.740. The monoisotopic (exact) mass is 545 g/mol. The maximum Gasteiger partial charge on any atom is 0.410 e. The molecule has 0 atom stereocenters. The van der Waals surface area contributed by atoms with E-state index in [0.29, 0.717) is 11.0 Å². The van der Waals surface area contributed by atoms with Crippen LogP contribution in [-0.4, -0.2) is 48.8 Å². The van der Waals surface area contributed by atoms with Crippen LogP contribution in [-0.2, 0) is 17.8 Å². The molecule has 0 spiro atoms. The molecule has 0 bridgehead atoms. The first kappa shape index (κ1) is 27.4. The quantitative estimate of drug-likeness (QED) is 0.334. The van der Waals surface area contributed by atoms with Gasteiger partial charge in [-0.05, 0) is 70.6 Å². The lowest BCUT2D eigenvalue weighted by Crippen LogP contribution is -2.42. The van der Waals surface area contributed by atoms with E-state index in [1.165, 1.54) is 4.90 Å². The Morgan fingerprint density at radius 1 is 1.07 bits per heavy atom. The highest BCUT2D eigenvalue weighted by molar-refractivity contribution is 5.85. The molecule has 1 aliphatic carbocycles. The van der Waals surface area contributed by atoms with Gasteiger partial charge >= 0.3 is 11.8 Å². The van der Waals surface area contributed by atoms with E-state index in [4.69, 9.17) is 9.47 Å². The summed E-state index contributed by atoms with van der Waals surface area (Å²) in [4.78, 5) is 52.7. The van der Waals surface area contributed by atoms with E-state index >= 15 is 0 Å². The van der Waals surface area contributed by atoms with Crippen molar-refractivity contribution in [1.82, 2.24) is 24.4 Å². The maximum atomic E-state index is 13.4. The summed E-state index contributed by atoms with van der Waals surface area (Å²) >= 11 is 0. The van der Waals surface area contributed by atoms with Crippen LogP contribution < -0.4 is 16.0 Å². The Kier molecular flexibility index (Phi) is 7.60. The van der Waals surface area contributed by atoms with Crippen molar-refractivity contribution in [3.63, 3.8) is 0 Å². The molecule has 1 aliphatic rings. The lowest BCUT2D eigenvalue weighted by Gasteiger charge is -2.27. The molecule has 210 valence electrons. The molecule has 4 aromatic rings. The van der Waals surface area contributed by atoms with Crippen LogP contribution in [0.4, 0.5) is 4.79 Å². The second-order valence-corrected chi connectivity index (χ2v) is 11.3. The third-order valence-electron chi connectivity index (χ3n) is 6.94. The van der Waals surface area contributed by atoms with Crippen LogP contribution >= 0.6 is 0 Å². The van der Waals surface area contributed by atoms with Crippen molar-refractivity contribution < 1.29 is 14.3 Å². The first-order valence-electron chi connectivity index (χ1n) is 13.7. The number of rotatable bonds is 7. The molecule has 0 radical (unpaired) electrons. The summed E-state index contributed by atoms with van der Waals surface area (Å²) in [5.41, 5.74) is 1.18. The number of nitrogens with zero attached hydrogens (tertiary/aromatic N) is 4. The van der Waals surface area contributed by atoms with Gasteiger partial charge in [0.05, 0.1) is 17.1 Å². The van der Waals surface area contributed by atoms with E-state index in [9.17, 15) is 14.4 Å². The van der Waals surface area contributed by atoms with Crippen LogP contribution in [0.1, 0.15) is 57.6 Å². The van der Waals surface area contributed by atoms with Crippen molar-refractivity contribution in [3.8, 4) is 5.75 Å². The van der Waals surface area contributed by atoms with Gasteiger partial charge in [0.2, 0.25) is 0 Å². The number of hydrogen-bond acceptors (Lipinski definition) is 7. The molecule has 0 saturated heterocycles. The average molecular weight is 546 g/mol. The molecule has 2 heterocycles. The zero-order chi connectivity index (χ0) is 28.4. The molecule has 10 nitrogen and oxygen atoms in total. The van der Waals surface area contributed by atoms with Crippen molar-refractivity contribution in [2.75, 3.05) is 6.54 Å². The van der Waals surface area contributed by atoms with Gasteiger partial charge in [0, 0.05) is 25.7 Å². The Balaban J connectivity index is 1.44. The minimum Gasteiger partial charge on any atom is -0.490 e. The summed E-state index contributed by atoms with van der Waals surface area (Å²) in [5, 5.41) is 0. The number of carbonyl (C=O) groups excluding carboxylic acids is 1. The Morgan fingerprint density at radius 2 is 1.77 bits per heavy atom. The third kappa shape index (κ3) is 6.16. The fourth-order valence-electron chi connectivity index (χ4n) is 4.91. The molecule has 0 unspecified atom stereocenters. The number of H-pyrrole nitrogens is 1. The zero-order valence-corrected chi connectivity index (χ0v) is 23.4. The molecule has 5 rings (SSSR count). The first-order chi connectivity index (χ1) is 19.1. The number of aromatic amines is 1. The second-order valence-electron chi connectivity index (χ2n) is 11.3. The van der Waals surface area contributed by atoms with E-state index in [1.54, 1.807) is 20.8 Å². The molecule has 2 aromatic carbocycles. The third-order valence-corrected chi connectivity index (χ3v) is 6.94. The van der Waals surface area contributed by atoms with Gasteiger partial charge in [-0.2, -0.15) is 0 Å². The predicted octanol–water partition coefficient (Wildman–Crippen LogP) is 4.70. The summed E-state index contributed by atoms with van der Waals surface area (Å²) in [6.45, 7) is 7.63. The fourth-order valence-corrected chi connectivity index (χ4v) is 4.91. The molecule has 40 heavy (non-hydrogen) atoms. The van der Waals surface area contributed by atoms with Crippen molar-refractivity contribution in [1.29, 1.82) is 0 Å². The molecule has 1 amide bonds. The van der Waals surface area contributed by atoms with Gasteiger partial charge in [-0.15, -0.1) is 0 Å². The minimum atomic E-state index is -0.694. The molecule has 10 heteroatoms. The first-order valence-corrected chi connectivity index (χ1v) is 13.7. The highest BCUT2D eigenvalue weighted by atomic mass is 16.6. The number of carbonyl (C=O) groups is 1. The molecule has 0 aliphatic heterocycles. The molecule has 1 saturated carbocycles. The zero-order valence-electron chi connectivity index (χ0n) is 23.4. The lowest BCUT2D eigenvalue weighted by molar-refractivity contribution is 0.0226. The van der Waals surface area contributed by atoms with Gasteiger partial charge < -0.3 is 14.4 Å². The summed E-state index contributed by atoms with van der Waals surface area (Å²) < 4.78 is 12.8. The standard InChI is InChI=1S/C30H35N5O5/c1-19-16-22-23(17-24(19)39-21-12-8-9-13-21)32-26-25(31-22)27(36)35(28(37)33-26)15-14-34(29(38)40-30(2,3)4)18-20-10-6-5-7-11-20/h5-7,10-11,16-17,21H,8-9,12-15,18H2,1-4H3,(H,32,33,37). The number of aryl methyl sites for hydroxylation is 1. The van der Waals surface area contributed by atoms with E-state index < -0.39 is 22.9 Å². The Morgan fingerprint density at radius 3 is 2.48 bits per heavy atom. The number of aromatic nitrogens is 4. The summed E-state index contributed by atoms with van der Waals surface area (Å²) in [7, 11) is 0. The second kappa shape index (κ2) is 11.1. The predicted molar refractivity (Wildman–Crippen MR) is 153 cm³/mol. The van der Waals surface area contributed by atoms with Crippen LogP contribution in [0.2, 0.25) is 0 Å². The number of hydrogen-bond donors (Lipinski definition) is 1. The summed E-state index contributed by atoms with van der Waals surface area (Å²) in [6.07, 6.45) is 4.06. The van der Waals surface area contributed by atoms with Gasteiger partial charge in [0.15, 0.2) is 11.2 Å². The minimum absolute atomic E-state index is 0.0386. The summed E-state index contributed by atoms with van der Waals surface area (Å²) in [6, 6.07) is 13.1. The number of amides is 1. The lowest BCUT2D eigenvalue weighted by atomic mass is 10.2. The van der Waals surface area contributed by atoms with Crippen molar-refractivity contribution in [3.05, 3.63) is 74.4 Å². The number of fused-ring (bicyclic) bond motifs is 2.